The maximum absolute atomic E-state index is 5.29. The molecule has 0 aromatic carbocycles. The number of imidazole rings is 1. The second kappa shape index (κ2) is 5.83. The summed E-state index contributed by atoms with van der Waals surface area (Å²) < 4.78 is 7.29. The van der Waals surface area contributed by atoms with Crippen LogP contribution in [0, 0.1) is 0 Å². The van der Waals surface area contributed by atoms with E-state index in [1.165, 1.54) is 6.33 Å². The van der Waals surface area contributed by atoms with Crippen LogP contribution in [-0.4, -0.2) is 32.7 Å². The number of anilines is 1. The van der Waals surface area contributed by atoms with Crippen molar-refractivity contribution >= 4 is 5.82 Å². The van der Waals surface area contributed by atoms with Crippen LogP contribution in [0.25, 0.3) is 0 Å². The summed E-state index contributed by atoms with van der Waals surface area (Å²) in [6, 6.07) is 1.79. The van der Waals surface area contributed by atoms with Crippen LogP contribution in [0.1, 0.15) is 6.92 Å². The predicted molar refractivity (Wildman–Crippen MR) is 63.9 cm³/mol. The molecule has 2 aromatic heterocycles. The molecular formula is C11H15N5O. The second-order valence-corrected chi connectivity index (χ2v) is 3.40. The molecule has 0 amide bonds. The number of ether oxygens (including phenoxy) is 1. The highest BCUT2D eigenvalue weighted by molar-refractivity contribution is 5.36. The monoisotopic (exact) mass is 233 g/mol. The molecule has 0 saturated carbocycles. The highest BCUT2D eigenvalue weighted by atomic mass is 16.5. The largest absolute Gasteiger partial charge is 0.478 e. The third kappa shape index (κ3) is 3.44. The SMILES string of the molecule is CCOc1cc(NCCn2ccnc2)ncn1. The zero-order valence-corrected chi connectivity index (χ0v) is 9.71. The van der Waals surface area contributed by atoms with Gasteiger partial charge in [-0.1, -0.05) is 0 Å². The number of aromatic nitrogens is 4. The smallest absolute Gasteiger partial charge is 0.218 e. The van der Waals surface area contributed by atoms with E-state index in [9.17, 15) is 0 Å². The summed E-state index contributed by atoms with van der Waals surface area (Å²) in [6.07, 6.45) is 6.96. The minimum Gasteiger partial charge on any atom is -0.478 e. The van der Waals surface area contributed by atoms with Crippen LogP contribution in [0.5, 0.6) is 5.88 Å². The van der Waals surface area contributed by atoms with Gasteiger partial charge >= 0.3 is 0 Å². The van der Waals surface area contributed by atoms with E-state index in [0.29, 0.717) is 12.5 Å². The summed E-state index contributed by atoms with van der Waals surface area (Å²) in [6.45, 7) is 4.15. The molecule has 0 saturated heterocycles. The lowest BCUT2D eigenvalue weighted by molar-refractivity contribution is 0.326. The van der Waals surface area contributed by atoms with Crippen molar-refractivity contribution in [3.63, 3.8) is 0 Å². The maximum atomic E-state index is 5.29. The van der Waals surface area contributed by atoms with Gasteiger partial charge in [-0.3, -0.25) is 0 Å². The summed E-state index contributed by atoms with van der Waals surface area (Å²) in [5.41, 5.74) is 0. The molecule has 6 nitrogen and oxygen atoms in total. The topological polar surface area (TPSA) is 64.9 Å². The van der Waals surface area contributed by atoms with Crippen LogP contribution < -0.4 is 10.1 Å². The molecule has 0 aliphatic heterocycles. The minimum atomic E-state index is 0.590. The summed E-state index contributed by atoms with van der Waals surface area (Å²) in [5.74, 6) is 1.36. The fraction of sp³-hybridized carbons (Fsp3) is 0.364. The molecule has 2 aromatic rings. The molecular weight excluding hydrogens is 218 g/mol. The van der Waals surface area contributed by atoms with Crippen LogP contribution in [0.2, 0.25) is 0 Å². The maximum Gasteiger partial charge on any atom is 0.218 e. The van der Waals surface area contributed by atoms with Crippen molar-refractivity contribution in [3.8, 4) is 5.88 Å². The van der Waals surface area contributed by atoms with Crippen LogP contribution >= 0.6 is 0 Å². The lowest BCUT2D eigenvalue weighted by atomic mass is 10.5. The Balaban J connectivity index is 1.84. The van der Waals surface area contributed by atoms with Gasteiger partial charge in [-0.05, 0) is 6.92 Å². The number of nitrogens with zero attached hydrogens (tertiary/aromatic N) is 4. The highest BCUT2D eigenvalue weighted by Gasteiger charge is 1.98. The zero-order chi connectivity index (χ0) is 11.9. The Bertz CT molecular complexity index is 443. The summed E-state index contributed by atoms with van der Waals surface area (Å²) >= 11 is 0. The first kappa shape index (κ1) is 11.4. The fourth-order valence-corrected chi connectivity index (χ4v) is 1.40. The lowest BCUT2D eigenvalue weighted by Gasteiger charge is -2.07. The number of hydrogen-bond donors (Lipinski definition) is 1. The van der Waals surface area contributed by atoms with Gasteiger partial charge in [-0.15, -0.1) is 0 Å². The minimum absolute atomic E-state index is 0.590. The molecule has 6 heteroatoms. The van der Waals surface area contributed by atoms with Gasteiger partial charge in [0, 0.05) is 31.5 Å². The van der Waals surface area contributed by atoms with E-state index in [0.717, 1.165) is 18.9 Å². The van der Waals surface area contributed by atoms with E-state index in [-0.39, 0.29) is 0 Å². The van der Waals surface area contributed by atoms with Crippen molar-refractivity contribution in [2.45, 2.75) is 13.5 Å². The molecule has 0 spiro atoms. The fourth-order valence-electron chi connectivity index (χ4n) is 1.40. The van der Waals surface area contributed by atoms with Gasteiger partial charge in [0.1, 0.15) is 12.1 Å². The van der Waals surface area contributed by atoms with Gasteiger partial charge < -0.3 is 14.6 Å². The van der Waals surface area contributed by atoms with Crippen molar-refractivity contribution in [2.24, 2.45) is 0 Å². The molecule has 0 radical (unpaired) electrons. The van der Waals surface area contributed by atoms with Crippen molar-refractivity contribution in [1.82, 2.24) is 19.5 Å². The van der Waals surface area contributed by atoms with Crippen LogP contribution in [-0.2, 0) is 6.54 Å². The number of hydrogen-bond acceptors (Lipinski definition) is 5. The third-order valence-electron chi connectivity index (χ3n) is 2.17. The Hall–Kier alpha value is -2.11. The molecule has 0 bridgehead atoms. The first-order valence-corrected chi connectivity index (χ1v) is 5.53. The van der Waals surface area contributed by atoms with Gasteiger partial charge in [-0.25, -0.2) is 15.0 Å². The van der Waals surface area contributed by atoms with E-state index >= 15 is 0 Å². The van der Waals surface area contributed by atoms with Crippen LogP contribution in [0.15, 0.2) is 31.1 Å². The van der Waals surface area contributed by atoms with E-state index in [1.807, 2.05) is 17.7 Å². The van der Waals surface area contributed by atoms with Crippen molar-refractivity contribution < 1.29 is 4.74 Å². The lowest BCUT2D eigenvalue weighted by Crippen LogP contribution is -2.10. The van der Waals surface area contributed by atoms with Crippen LogP contribution in [0.3, 0.4) is 0 Å². The Kier molecular flexibility index (Phi) is 3.90. The third-order valence-corrected chi connectivity index (χ3v) is 2.17. The predicted octanol–water partition coefficient (Wildman–Crippen LogP) is 1.18. The molecule has 0 fully saturated rings. The van der Waals surface area contributed by atoms with Gasteiger partial charge in [0.05, 0.1) is 12.9 Å². The van der Waals surface area contributed by atoms with Crippen molar-refractivity contribution in [1.29, 1.82) is 0 Å². The molecule has 2 rings (SSSR count). The average molecular weight is 233 g/mol. The quantitative estimate of drug-likeness (QED) is 0.811. The van der Waals surface area contributed by atoms with E-state index in [4.69, 9.17) is 4.74 Å². The Morgan fingerprint density at radius 2 is 2.35 bits per heavy atom. The van der Waals surface area contributed by atoms with Crippen molar-refractivity contribution in [3.05, 3.63) is 31.1 Å². The number of nitrogens with one attached hydrogen (secondary N) is 1. The van der Waals surface area contributed by atoms with Gasteiger partial charge in [0.2, 0.25) is 5.88 Å². The molecule has 2 heterocycles. The molecule has 0 atom stereocenters. The molecule has 90 valence electrons. The van der Waals surface area contributed by atoms with E-state index < -0.39 is 0 Å². The number of rotatable bonds is 6. The molecule has 0 aliphatic carbocycles. The summed E-state index contributed by atoms with van der Waals surface area (Å²) in [7, 11) is 0. The summed E-state index contributed by atoms with van der Waals surface area (Å²) in [4.78, 5) is 12.1. The standard InChI is InChI=1S/C11H15N5O/c1-2-17-11-7-10(14-8-15-11)13-4-6-16-5-3-12-9-16/h3,5,7-9H,2,4,6H2,1H3,(H,13,14,15). The van der Waals surface area contributed by atoms with Gasteiger partial charge in [-0.2, -0.15) is 0 Å². The normalized spacial score (nSPS) is 10.2. The van der Waals surface area contributed by atoms with Gasteiger partial charge in [0.15, 0.2) is 0 Å². The molecule has 1 N–H and O–H groups in total. The van der Waals surface area contributed by atoms with Crippen LogP contribution in [0.4, 0.5) is 5.82 Å². The average Bonchev–Trinajstić information content (AvgIpc) is 2.83. The highest BCUT2D eigenvalue weighted by Crippen LogP contribution is 2.10. The molecule has 0 aliphatic rings. The Labute approximate surface area is 99.7 Å². The van der Waals surface area contributed by atoms with Gasteiger partial charge in [0.25, 0.3) is 0 Å². The Morgan fingerprint density at radius 1 is 1.41 bits per heavy atom. The van der Waals surface area contributed by atoms with E-state index in [2.05, 4.69) is 20.3 Å². The van der Waals surface area contributed by atoms with Crippen molar-refractivity contribution in [2.75, 3.05) is 18.5 Å². The first-order chi connectivity index (χ1) is 8.38. The second-order valence-electron chi connectivity index (χ2n) is 3.40. The van der Waals surface area contributed by atoms with E-state index in [1.54, 1.807) is 18.6 Å². The molecule has 0 unspecified atom stereocenters. The summed E-state index contributed by atoms with van der Waals surface area (Å²) in [5, 5.41) is 3.20. The first-order valence-electron chi connectivity index (χ1n) is 5.53. The zero-order valence-electron chi connectivity index (χ0n) is 9.71. The Morgan fingerprint density at radius 3 is 3.12 bits per heavy atom. The molecule has 17 heavy (non-hydrogen) atoms.